The largest absolute Gasteiger partial charge is 0.296 e. The standard InChI is InChI=1S/C9H10Cl2N2S/c1-7-5-8(10)3-4-9(7)12-6-13(2)14-11/h3-6H,1-2H3. The molecule has 0 unspecified atom stereocenters. The Hall–Kier alpha value is -0.380. The van der Waals surface area contributed by atoms with Crippen LogP contribution < -0.4 is 0 Å². The number of nitrogens with zero attached hydrogens (tertiary/aromatic N) is 2. The predicted molar refractivity (Wildman–Crippen MR) is 65.5 cm³/mol. The Balaban J connectivity index is 2.82. The van der Waals surface area contributed by atoms with Crippen LogP contribution in [0.15, 0.2) is 23.2 Å². The first-order chi connectivity index (χ1) is 6.63. The van der Waals surface area contributed by atoms with Gasteiger partial charge >= 0.3 is 0 Å². The van der Waals surface area contributed by atoms with Gasteiger partial charge in [0.05, 0.1) is 16.8 Å². The van der Waals surface area contributed by atoms with Crippen LogP contribution in [-0.2, 0) is 0 Å². The maximum atomic E-state index is 5.82. The number of rotatable bonds is 3. The fourth-order valence-electron chi connectivity index (χ4n) is 0.925. The van der Waals surface area contributed by atoms with Crippen molar-refractivity contribution in [3.8, 4) is 0 Å². The summed E-state index contributed by atoms with van der Waals surface area (Å²) < 4.78 is 1.70. The highest BCUT2D eigenvalue weighted by Gasteiger charge is 1.96. The maximum absolute atomic E-state index is 5.82. The molecule has 0 fully saturated rings. The predicted octanol–water partition coefficient (Wildman–Crippen LogP) is 4.04. The minimum Gasteiger partial charge on any atom is -0.296 e. The molecule has 0 heterocycles. The summed E-state index contributed by atoms with van der Waals surface area (Å²) in [7, 11) is 7.34. The lowest BCUT2D eigenvalue weighted by atomic mass is 10.2. The number of hydrogen-bond donors (Lipinski definition) is 0. The summed E-state index contributed by atoms with van der Waals surface area (Å²) in [6, 6.07) is 5.57. The van der Waals surface area contributed by atoms with Crippen molar-refractivity contribution in [3.63, 3.8) is 0 Å². The van der Waals surface area contributed by atoms with Gasteiger partial charge in [-0.3, -0.25) is 4.31 Å². The fraction of sp³-hybridized carbons (Fsp3) is 0.222. The van der Waals surface area contributed by atoms with Gasteiger partial charge in [0, 0.05) is 12.1 Å². The Bertz CT molecular complexity index is 342. The molecule has 0 aliphatic rings. The molecule has 0 radical (unpaired) electrons. The zero-order valence-electron chi connectivity index (χ0n) is 7.87. The second kappa shape index (κ2) is 5.49. The minimum absolute atomic E-state index is 0.724. The van der Waals surface area contributed by atoms with E-state index in [1.807, 2.05) is 32.2 Å². The highest BCUT2D eigenvalue weighted by Crippen LogP contribution is 2.22. The molecule has 14 heavy (non-hydrogen) atoms. The van der Waals surface area contributed by atoms with Gasteiger partial charge in [0.25, 0.3) is 0 Å². The average Bonchev–Trinajstić information content (AvgIpc) is 2.16. The summed E-state index contributed by atoms with van der Waals surface area (Å²) in [5.74, 6) is 0. The molecule has 1 rings (SSSR count). The molecule has 0 aliphatic carbocycles. The SMILES string of the molecule is Cc1cc(Cl)ccc1N=CN(C)SCl. The Kier molecular flexibility index (Phi) is 4.58. The second-order valence-electron chi connectivity index (χ2n) is 2.79. The van der Waals surface area contributed by atoms with Crippen molar-refractivity contribution in [3.05, 3.63) is 28.8 Å². The van der Waals surface area contributed by atoms with Gasteiger partial charge in [0.15, 0.2) is 0 Å². The topological polar surface area (TPSA) is 15.6 Å². The van der Waals surface area contributed by atoms with E-state index in [4.69, 9.17) is 22.3 Å². The van der Waals surface area contributed by atoms with E-state index in [0.717, 1.165) is 27.4 Å². The van der Waals surface area contributed by atoms with Crippen LogP contribution in [-0.4, -0.2) is 17.7 Å². The molecule has 1 aromatic carbocycles. The van der Waals surface area contributed by atoms with Crippen LogP contribution in [0, 0.1) is 6.92 Å². The third-order valence-corrected chi connectivity index (χ3v) is 2.83. The minimum atomic E-state index is 0.724. The van der Waals surface area contributed by atoms with Crippen LogP contribution in [0.5, 0.6) is 0 Å². The molecule has 0 atom stereocenters. The highest BCUT2D eigenvalue weighted by atomic mass is 35.7. The molecule has 0 amide bonds. The molecular formula is C9H10Cl2N2S. The van der Waals surface area contributed by atoms with Crippen LogP contribution in [0.3, 0.4) is 0 Å². The van der Waals surface area contributed by atoms with Crippen molar-refractivity contribution in [1.82, 2.24) is 4.31 Å². The lowest BCUT2D eigenvalue weighted by Gasteiger charge is -2.05. The summed E-state index contributed by atoms with van der Waals surface area (Å²) in [6.45, 7) is 1.96. The van der Waals surface area contributed by atoms with Gasteiger partial charge in [0.2, 0.25) is 0 Å². The van der Waals surface area contributed by atoms with Gasteiger partial charge in [-0.05, 0) is 41.4 Å². The van der Waals surface area contributed by atoms with Gasteiger partial charge in [-0.2, -0.15) is 0 Å². The summed E-state index contributed by atoms with van der Waals surface area (Å²) in [6.07, 6.45) is 1.66. The Morgan fingerprint density at radius 2 is 2.21 bits per heavy atom. The summed E-state index contributed by atoms with van der Waals surface area (Å²) >= 11 is 6.90. The third-order valence-electron chi connectivity index (χ3n) is 1.63. The Labute approximate surface area is 97.6 Å². The molecule has 0 aromatic heterocycles. The van der Waals surface area contributed by atoms with Crippen molar-refractivity contribution in [2.24, 2.45) is 4.99 Å². The molecule has 76 valence electrons. The van der Waals surface area contributed by atoms with E-state index in [1.54, 1.807) is 10.6 Å². The number of hydrogen-bond acceptors (Lipinski definition) is 2. The van der Waals surface area contributed by atoms with Crippen LogP contribution >= 0.6 is 33.4 Å². The molecule has 0 aliphatic heterocycles. The molecular weight excluding hydrogens is 239 g/mol. The number of benzene rings is 1. The van der Waals surface area contributed by atoms with Gasteiger partial charge < -0.3 is 0 Å². The second-order valence-corrected chi connectivity index (χ2v) is 4.36. The zero-order chi connectivity index (χ0) is 10.6. The fourth-order valence-corrected chi connectivity index (χ4v) is 1.34. The maximum Gasteiger partial charge on any atom is 0.102 e. The molecule has 0 spiro atoms. The van der Waals surface area contributed by atoms with Crippen molar-refractivity contribution in [2.75, 3.05) is 7.05 Å². The number of aliphatic imine (C=N–C) groups is 1. The van der Waals surface area contributed by atoms with Crippen LogP contribution in [0.4, 0.5) is 5.69 Å². The summed E-state index contributed by atoms with van der Waals surface area (Å²) in [5, 5.41) is 0.724. The first kappa shape index (κ1) is 11.7. The Morgan fingerprint density at radius 3 is 2.79 bits per heavy atom. The monoisotopic (exact) mass is 248 g/mol. The third kappa shape index (κ3) is 3.40. The summed E-state index contributed by atoms with van der Waals surface area (Å²) in [5.41, 5.74) is 1.94. The van der Waals surface area contributed by atoms with E-state index in [9.17, 15) is 0 Å². The summed E-state index contributed by atoms with van der Waals surface area (Å²) in [4.78, 5) is 4.25. The quantitative estimate of drug-likeness (QED) is 0.456. The van der Waals surface area contributed by atoms with Crippen molar-refractivity contribution < 1.29 is 0 Å². The van der Waals surface area contributed by atoms with E-state index in [2.05, 4.69) is 4.99 Å². The zero-order valence-corrected chi connectivity index (χ0v) is 10.2. The van der Waals surface area contributed by atoms with Crippen molar-refractivity contribution in [1.29, 1.82) is 0 Å². The lowest BCUT2D eigenvalue weighted by molar-refractivity contribution is 0.881. The molecule has 1 aromatic rings. The molecule has 2 nitrogen and oxygen atoms in total. The lowest BCUT2D eigenvalue weighted by Crippen LogP contribution is -2.01. The first-order valence-electron chi connectivity index (χ1n) is 3.95. The van der Waals surface area contributed by atoms with E-state index in [0.29, 0.717) is 0 Å². The average molecular weight is 249 g/mol. The normalized spacial score (nSPS) is 10.9. The van der Waals surface area contributed by atoms with Crippen molar-refractivity contribution in [2.45, 2.75) is 6.92 Å². The van der Waals surface area contributed by atoms with Crippen LogP contribution in [0.2, 0.25) is 5.02 Å². The van der Waals surface area contributed by atoms with Crippen molar-refractivity contribution >= 4 is 45.5 Å². The Morgan fingerprint density at radius 1 is 1.50 bits per heavy atom. The molecule has 0 N–H and O–H groups in total. The van der Waals surface area contributed by atoms with Crippen LogP contribution in [0.1, 0.15) is 5.56 Å². The van der Waals surface area contributed by atoms with Gasteiger partial charge in [-0.15, -0.1) is 0 Å². The van der Waals surface area contributed by atoms with Gasteiger partial charge in [-0.25, -0.2) is 4.99 Å². The number of aryl methyl sites for hydroxylation is 1. The van der Waals surface area contributed by atoms with Gasteiger partial charge in [0.1, 0.15) is 6.34 Å². The van der Waals surface area contributed by atoms with E-state index < -0.39 is 0 Å². The molecule has 0 saturated heterocycles. The smallest absolute Gasteiger partial charge is 0.102 e. The molecule has 5 heteroatoms. The van der Waals surface area contributed by atoms with Gasteiger partial charge in [-0.1, -0.05) is 11.6 Å². The first-order valence-corrected chi connectivity index (χ1v) is 5.93. The molecule has 0 bridgehead atoms. The van der Waals surface area contributed by atoms with E-state index in [-0.39, 0.29) is 0 Å². The van der Waals surface area contributed by atoms with E-state index in [1.165, 1.54) is 0 Å². The van der Waals surface area contributed by atoms with Crippen LogP contribution in [0.25, 0.3) is 0 Å². The van der Waals surface area contributed by atoms with E-state index >= 15 is 0 Å². The number of halogens is 2. The highest BCUT2D eigenvalue weighted by molar-refractivity contribution is 8.19. The molecule has 0 saturated carbocycles.